The topological polar surface area (TPSA) is 60.5 Å². The number of halogens is 1. The molecule has 0 spiro atoms. The molecule has 4 aromatic rings. The van der Waals surface area contributed by atoms with Gasteiger partial charge in [0, 0.05) is 28.0 Å². The fraction of sp³-hybridized carbons (Fsp3) is 0.154. The van der Waals surface area contributed by atoms with Crippen molar-refractivity contribution in [2.24, 2.45) is 0 Å². The summed E-state index contributed by atoms with van der Waals surface area (Å²) in [4.78, 5) is 17.7. The number of nitrogens with zero attached hydrogens (tertiary/aromatic N) is 1. The molecule has 162 valence electrons. The quantitative estimate of drug-likeness (QED) is 0.354. The molecule has 0 aliphatic rings. The lowest BCUT2D eigenvalue weighted by Gasteiger charge is -2.13. The number of methoxy groups -OCH3 is 1. The van der Waals surface area contributed by atoms with Gasteiger partial charge >= 0.3 is 0 Å². The van der Waals surface area contributed by atoms with Crippen LogP contribution in [0.4, 0.5) is 0 Å². The molecule has 0 unspecified atom stereocenters. The fourth-order valence-corrected chi connectivity index (χ4v) is 3.82. The maximum atomic E-state index is 13.1. The SMILES string of the molecule is COc1ccc(Br)cc1CNC(=O)c1cc(OCc2ccc(C)cc2)nc2ccccc12. The van der Waals surface area contributed by atoms with Crippen LogP contribution in [0, 0.1) is 6.92 Å². The molecule has 0 radical (unpaired) electrons. The molecule has 6 heteroatoms. The minimum Gasteiger partial charge on any atom is -0.496 e. The number of ether oxygens (including phenoxy) is 2. The Kier molecular flexibility index (Phi) is 6.71. The summed E-state index contributed by atoms with van der Waals surface area (Å²) in [5.74, 6) is 0.926. The third-order valence-corrected chi connectivity index (χ3v) is 5.62. The molecular formula is C26H23BrN2O3. The lowest BCUT2D eigenvalue weighted by molar-refractivity contribution is 0.0951. The Morgan fingerprint density at radius 1 is 1.03 bits per heavy atom. The summed E-state index contributed by atoms with van der Waals surface area (Å²) < 4.78 is 12.3. The molecule has 4 rings (SSSR count). The number of amides is 1. The Balaban J connectivity index is 1.57. The number of hydrogen-bond donors (Lipinski definition) is 1. The Bertz CT molecular complexity index is 1260. The zero-order valence-electron chi connectivity index (χ0n) is 17.9. The second-order valence-electron chi connectivity index (χ2n) is 7.44. The van der Waals surface area contributed by atoms with Crippen LogP contribution in [0.15, 0.2) is 77.3 Å². The summed E-state index contributed by atoms with van der Waals surface area (Å²) in [6.07, 6.45) is 0. The lowest BCUT2D eigenvalue weighted by Crippen LogP contribution is -2.23. The molecule has 1 N–H and O–H groups in total. The number of rotatable bonds is 7. The van der Waals surface area contributed by atoms with Crippen LogP contribution in [0.3, 0.4) is 0 Å². The van der Waals surface area contributed by atoms with Gasteiger partial charge in [-0.05, 0) is 36.8 Å². The number of para-hydroxylation sites is 1. The van der Waals surface area contributed by atoms with Crippen LogP contribution in [-0.2, 0) is 13.2 Å². The van der Waals surface area contributed by atoms with Gasteiger partial charge in [-0.25, -0.2) is 4.98 Å². The van der Waals surface area contributed by atoms with Crippen molar-refractivity contribution in [3.8, 4) is 11.6 Å². The summed E-state index contributed by atoms with van der Waals surface area (Å²) >= 11 is 3.47. The Labute approximate surface area is 195 Å². The molecule has 1 heterocycles. The molecule has 1 amide bonds. The van der Waals surface area contributed by atoms with Crippen LogP contribution in [0.5, 0.6) is 11.6 Å². The number of nitrogens with one attached hydrogen (secondary N) is 1. The van der Waals surface area contributed by atoms with Crippen molar-refractivity contribution in [3.05, 3.63) is 99.5 Å². The molecule has 0 aliphatic heterocycles. The van der Waals surface area contributed by atoms with E-state index in [2.05, 4.69) is 26.2 Å². The molecule has 0 bridgehead atoms. The molecular weight excluding hydrogens is 468 g/mol. The molecule has 1 aromatic heterocycles. The number of fused-ring (bicyclic) bond motifs is 1. The Morgan fingerprint density at radius 3 is 2.59 bits per heavy atom. The molecule has 32 heavy (non-hydrogen) atoms. The fourth-order valence-electron chi connectivity index (χ4n) is 3.41. The highest BCUT2D eigenvalue weighted by molar-refractivity contribution is 9.10. The van der Waals surface area contributed by atoms with Crippen molar-refractivity contribution in [2.45, 2.75) is 20.1 Å². The maximum Gasteiger partial charge on any atom is 0.252 e. The van der Waals surface area contributed by atoms with Gasteiger partial charge in [-0.1, -0.05) is 64.0 Å². The zero-order chi connectivity index (χ0) is 22.5. The van der Waals surface area contributed by atoms with E-state index in [9.17, 15) is 4.79 Å². The standard InChI is InChI=1S/C26H23BrN2O3/c1-17-7-9-18(10-8-17)16-32-25-14-22(21-5-3-4-6-23(21)29-25)26(30)28-15-19-13-20(27)11-12-24(19)31-2/h3-14H,15-16H2,1-2H3,(H,28,30). The molecule has 5 nitrogen and oxygen atoms in total. The lowest BCUT2D eigenvalue weighted by atomic mass is 10.1. The van der Waals surface area contributed by atoms with Crippen molar-refractivity contribution in [3.63, 3.8) is 0 Å². The summed E-state index contributed by atoms with van der Waals surface area (Å²) in [7, 11) is 1.61. The van der Waals surface area contributed by atoms with Gasteiger partial charge in [-0.3, -0.25) is 4.79 Å². The monoisotopic (exact) mass is 490 g/mol. The zero-order valence-corrected chi connectivity index (χ0v) is 19.5. The van der Waals surface area contributed by atoms with Crippen molar-refractivity contribution >= 4 is 32.7 Å². The van der Waals surface area contributed by atoms with Gasteiger partial charge in [-0.15, -0.1) is 0 Å². The first-order valence-electron chi connectivity index (χ1n) is 10.2. The predicted octanol–water partition coefficient (Wildman–Crippen LogP) is 5.82. The van der Waals surface area contributed by atoms with E-state index in [1.807, 2.05) is 73.7 Å². The highest BCUT2D eigenvalue weighted by Crippen LogP contribution is 2.25. The first-order chi connectivity index (χ1) is 15.5. The van der Waals surface area contributed by atoms with E-state index in [0.717, 1.165) is 26.7 Å². The molecule has 0 atom stereocenters. The third kappa shape index (κ3) is 5.08. The Morgan fingerprint density at radius 2 is 1.81 bits per heavy atom. The van der Waals surface area contributed by atoms with Gasteiger partial charge in [0.15, 0.2) is 0 Å². The van der Waals surface area contributed by atoms with E-state index >= 15 is 0 Å². The minimum absolute atomic E-state index is 0.203. The predicted molar refractivity (Wildman–Crippen MR) is 129 cm³/mol. The van der Waals surface area contributed by atoms with E-state index in [4.69, 9.17) is 9.47 Å². The second kappa shape index (κ2) is 9.83. The number of benzene rings is 3. The van der Waals surface area contributed by atoms with Crippen LogP contribution in [0.2, 0.25) is 0 Å². The Hall–Kier alpha value is -3.38. The van der Waals surface area contributed by atoms with Crippen LogP contribution in [0.1, 0.15) is 27.0 Å². The first-order valence-corrected chi connectivity index (χ1v) is 11.0. The van der Waals surface area contributed by atoms with Gasteiger partial charge in [-0.2, -0.15) is 0 Å². The van der Waals surface area contributed by atoms with Gasteiger partial charge in [0.25, 0.3) is 5.91 Å². The van der Waals surface area contributed by atoms with Crippen LogP contribution in [0.25, 0.3) is 10.9 Å². The number of pyridine rings is 1. The average molecular weight is 491 g/mol. The number of hydrogen-bond acceptors (Lipinski definition) is 4. The smallest absolute Gasteiger partial charge is 0.252 e. The van der Waals surface area contributed by atoms with E-state index in [1.165, 1.54) is 5.56 Å². The highest BCUT2D eigenvalue weighted by atomic mass is 79.9. The maximum absolute atomic E-state index is 13.1. The van der Waals surface area contributed by atoms with Crippen molar-refractivity contribution < 1.29 is 14.3 Å². The van der Waals surface area contributed by atoms with Crippen molar-refractivity contribution in [1.29, 1.82) is 0 Å². The number of aromatic nitrogens is 1. The van der Waals surface area contributed by atoms with E-state index in [1.54, 1.807) is 13.2 Å². The van der Waals surface area contributed by atoms with Crippen LogP contribution >= 0.6 is 15.9 Å². The normalized spacial score (nSPS) is 10.7. The number of carbonyl (C=O) groups is 1. The molecule has 0 saturated carbocycles. The largest absolute Gasteiger partial charge is 0.496 e. The van der Waals surface area contributed by atoms with Gasteiger partial charge in [0.2, 0.25) is 5.88 Å². The second-order valence-corrected chi connectivity index (χ2v) is 8.35. The van der Waals surface area contributed by atoms with Crippen LogP contribution < -0.4 is 14.8 Å². The molecule has 3 aromatic carbocycles. The average Bonchev–Trinajstić information content (AvgIpc) is 2.81. The van der Waals surface area contributed by atoms with Crippen LogP contribution in [-0.4, -0.2) is 18.0 Å². The molecule has 0 aliphatic carbocycles. The van der Waals surface area contributed by atoms with Gasteiger partial charge < -0.3 is 14.8 Å². The molecule has 0 saturated heterocycles. The number of carbonyl (C=O) groups excluding carboxylic acids is 1. The molecule has 0 fully saturated rings. The first kappa shape index (κ1) is 21.8. The summed E-state index contributed by atoms with van der Waals surface area (Å²) in [6.45, 7) is 2.75. The van der Waals surface area contributed by atoms with Crippen molar-refractivity contribution in [1.82, 2.24) is 10.3 Å². The van der Waals surface area contributed by atoms with E-state index in [0.29, 0.717) is 30.1 Å². The van der Waals surface area contributed by atoms with E-state index in [-0.39, 0.29) is 5.91 Å². The highest BCUT2D eigenvalue weighted by Gasteiger charge is 2.15. The van der Waals surface area contributed by atoms with Gasteiger partial charge in [0.05, 0.1) is 18.2 Å². The van der Waals surface area contributed by atoms with Crippen molar-refractivity contribution in [2.75, 3.05) is 7.11 Å². The summed E-state index contributed by atoms with van der Waals surface area (Å²) in [6, 6.07) is 23.1. The van der Waals surface area contributed by atoms with Gasteiger partial charge in [0.1, 0.15) is 12.4 Å². The summed E-state index contributed by atoms with van der Waals surface area (Å²) in [5.41, 5.74) is 4.34. The minimum atomic E-state index is -0.203. The summed E-state index contributed by atoms with van der Waals surface area (Å²) in [5, 5.41) is 3.77. The third-order valence-electron chi connectivity index (χ3n) is 5.13. The van der Waals surface area contributed by atoms with E-state index < -0.39 is 0 Å². The number of aryl methyl sites for hydroxylation is 1.